The van der Waals surface area contributed by atoms with Crippen LogP contribution in [0.1, 0.15) is 26.5 Å². The number of allylic oxidation sites excluding steroid dienone is 1. The van der Waals surface area contributed by atoms with Gasteiger partial charge in [-0.05, 0) is 27.4 Å². The zero-order chi connectivity index (χ0) is 9.90. The molecule has 2 nitrogen and oxygen atoms in total. The molecule has 0 bridgehead atoms. The average molecular weight is 241 g/mol. The average Bonchev–Trinajstić information content (AvgIpc) is 2.02. The highest BCUT2D eigenvalue weighted by Gasteiger charge is 2.03. The Bertz CT molecular complexity index is 296. The number of hydrogen-bond donors (Lipinski definition) is 0. The predicted molar refractivity (Wildman–Crippen MR) is 58.2 cm³/mol. The van der Waals surface area contributed by atoms with E-state index < -0.39 is 0 Å². The summed E-state index contributed by atoms with van der Waals surface area (Å²) in [5.41, 5.74) is 1.08. The van der Waals surface area contributed by atoms with E-state index in [0.717, 1.165) is 10.3 Å². The van der Waals surface area contributed by atoms with Crippen LogP contribution in [0.25, 0.3) is 6.08 Å². The smallest absolute Gasteiger partial charge is 0.124 e. The van der Waals surface area contributed by atoms with Gasteiger partial charge in [0.1, 0.15) is 4.60 Å². The van der Waals surface area contributed by atoms with Crippen LogP contribution in [0.15, 0.2) is 23.1 Å². The van der Waals surface area contributed by atoms with Crippen molar-refractivity contribution < 1.29 is 0 Å². The Morgan fingerprint density at radius 2 is 1.92 bits per heavy atom. The third-order valence-electron chi connectivity index (χ3n) is 1.39. The quantitative estimate of drug-likeness (QED) is 0.753. The molecule has 1 heterocycles. The van der Waals surface area contributed by atoms with Crippen LogP contribution in [-0.4, -0.2) is 9.97 Å². The molecule has 0 radical (unpaired) electrons. The Balaban J connectivity index is 2.75. The van der Waals surface area contributed by atoms with Crippen LogP contribution in [0.5, 0.6) is 0 Å². The Morgan fingerprint density at radius 3 is 2.38 bits per heavy atom. The van der Waals surface area contributed by atoms with Crippen molar-refractivity contribution in [1.82, 2.24) is 9.97 Å². The summed E-state index contributed by atoms with van der Waals surface area (Å²) in [6.45, 7) is 6.45. The molecule has 70 valence electrons. The van der Waals surface area contributed by atoms with Gasteiger partial charge in [0.05, 0.1) is 18.1 Å². The molecule has 1 rings (SSSR count). The summed E-state index contributed by atoms with van der Waals surface area (Å²) in [5.74, 6) is 0. The van der Waals surface area contributed by atoms with Crippen molar-refractivity contribution in [2.45, 2.75) is 20.8 Å². The summed E-state index contributed by atoms with van der Waals surface area (Å²) >= 11 is 3.24. The lowest BCUT2D eigenvalue weighted by molar-refractivity contribution is 0.547. The number of hydrogen-bond acceptors (Lipinski definition) is 2. The molecule has 0 saturated carbocycles. The second kappa shape index (κ2) is 4.01. The van der Waals surface area contributed by atoms with Gasteiger partial charge >= 0.3 is 0 Å². The number of aromatic nitrogens is 2. The van der Waals surface area contributed by atoms with Gasteiger partial charge in [0, 0.05) is 0 Å². The van der Waals surface area contributed by atoms with Gasteiger partial charge in [-0.1, -0.05) is 26.8 Å². The zero-order valence-electron chi connectivity index (χ0n) is 8.08. The molecule has 0 atom stereocenters. The standard InChI is InChI=1S/C10H13BrN2/c1-10(2,3)5-4-8-6-13-9(11)7-12-8/h4-7H,1-3H3. The molecular formula is C10H13BrN2. The van der Waals surface area contributed by atoms with Crippen molar-refractivity contribution in [2.24, 2.45) is 5.41 Å². The summed E-state index contributed by atoms with van der Waals surface area (Å²) in [7, 11) is 0. The molecule has 3 heteroatoms. The van der Waals surface area contributed by atoms with Gasteiger partial charge in [-0.25, -0.2) is 4.98 Å². The first-order valence-electron chi connectivity index (χ1n) is 4.14. The highest BCUT2D eigenvalue weighted by molar-refractivity contribution is 9.10. The lowest BCUT2D eigenvalue weighted by atomic mass is 9.96. The van der Waals surface area contributed by atoms with Crippen molar-refractivity contribution >= 4 is 22.0 Å². The molecule has 0 fully saturated rings. The van der Waals surface area contributed by atoms with E-state index in [2.05, 4.69) is 52.7 Å². The molecule has 1 aromatic heterocycles. The van der Waals surface area contributed by atoms with E-state index in [1.54, 1.807) is 12.4 Å². The van der Waals surface area contributed by atoms with Crippen molar-refractivity contribution in [1.29, 1.82) is 0 Å². The molecular weight excluding hydrogens is 228 g/mol. The zero-order valence-corrected chi connectivity index (χ0v) is 9.67. The molecule has 13 heavy (non-hydrogen) atoms. The summed E-state index contributed by atoms with van der Waals surface area (Å²) < 4.78 is 0.764. The van der Waals surface area contributed by atoms with Crippen LogP contribution in [-0.2, 0) is 0 Å². The van der Waals surface area contributed by atoms with Crippen LogP contribution >= 0.6 is 15.9 Å². The lowest BCUT2D eigenvalue weighted by Crippen LogP contribution is -1.98. The molecule has 0 spiro atoms. The van der Waals surface area contributed by atoms with Crippen molar-refractivity contribution in [3.8, 4) is 0 Å². The van der Waals surface area contributed by atoms with E-state index >= 15 is 0 Å². The molecule has 0 aliphatic rings. The Kier molecular flexibility index (Phi) is 3.20. The second-order valence-corrected chi connectivity index (χ2v) is 4.78. The third-order valence-corrected chi connectivity index (χ3v) is 1.80. The minimum Gasteiger partial charge on any atom is -0.252 e. The fraction of sp³-hybridized carbons (Fsp3) is 0.400. The van der Waals surface area contributed by atoms with E-state index in [1.165, 1.54) is 0 Å². The largest absolute Gasteiger partial charge is 0.252 e. The fourth-order valence-electron chi connectivity index (χ4n) is 0.744. The molecule has 0 unspecified atom stereocenters. The van der Waals surface area contributed by atoms with E-state index in [-0.39, 0.29) is 5.41 Å². The predicted octanol–water partition coefficient (Wildman–Crippen LogP) is 3.30. The van der Waals surface area contributed by atoms with Crippen molar-refractivity contribution in [2.75, 3.05) is 0 Å². The van der Waals surface area contributed by atoms with Gasteiger partial charge in [0.25, 0.3) is 0 Å². The molecule has 0 aromatic carbocycles. The highest BCUT2D eigenvalue weighted by Crippen LogP contribution is 2.16. The Labute approximate surface area is 87.2 Å². The van der Waals surface area contributed by atoms with Crippen LogP contribution in [0.2, 0.25) is 0 Å². The first kappa shape index (κ1) is 10.4. The summed E-state index contributed by atoms with van der Waals surface area (Å²) in [5, 5.41) is 0. The van der Waals surface area contributed by atoms with Gasteiger partial charge in [-0.3, -0.25) is 4.98 Å². The maximum Gasteiger partial charge on any atom is 0.124 e. The van der Waals surface area contributed by atoms with E-state index in [1.807, 2.05) is 6.08 Å². The van der Waals surface area contributed by atoms with Crippen LogP contribution in [0.4, 0.5) is 0 Å². The first-order chi connectivity index (χ1) is 5.97. The number of halogens is 1. The summed E-state index contributed by atoms with van der Waals surface area (Å²) in [4.78, 5) is 8.27. The number of nitrogens with zero attached hydrogens (tertiary/aromatic N) is 2. The van der Waals surface area contributed by atoms with E-state index in [4.69, 9.17) is 0 Å². The molecule has 1 aromatic rings. The maximum absolute atomic E-state index is 4.19. The Morgan fingerprint density at radius 1 is 1.23 bits per heavy atom. The van der Waals surface area contributed by atoms with E-state index in [0.29, 0.717) is 0 Å². The first-order valence-corrected chi connectivity index (χ1v) is 4.93. The van der Waals surface area contributed by atoms with Crippen LogP contribution in [0.3, 0.4) is 0 Å². The third kappa shape index (κ3) is 4.18. The molecule has 0 aliphatic heterocycles. The topological polar surface area (TPSA) is 25.8 Å². The minimum atomic E-state index is 0.189. The summed E-state index contributed by atoms with van der Waals surface area (Å²) in [6, 6.07) is 0. The van der Waals surface area contributed by atoms with Gasteiger partial charge in [0.15, 0.2) is 0 Å². The second-order valence-electron chi connectivity index (χ2n) is 3.96. The van der Waals surface area contributed by atoms with E-state index in [9.17, 15) is 0 Å². The SMILES string of the molecule is CC(C)(C)C=Cc1cnc(Br)cn1. The fourth-order valence-corrected chi connectivity index (χ4v) is 0.948. The molecule has 0 aliphatic carbocycles. The van der Waals surface area contributed by atoms with Gasteiger partial charge in [-0.15, -0.1) is 0 Å². The van der Waals surface area contributed by atoms with Crippen LogP contribution < -0.4 is 0 Å². The minimum absolute atomic E-state index is 0.189. The van der Waals surface area contributed by atoms with Gasteiger partial charge in [0.2, 0.25) is 0 Å². The number of rotatable bonds is 1. The summed E-state index contributed by atoms with van der Waals surface area (Å²) in [6.07, 6.45) is 7.54. The maximum atomic E-state index is 4.19. The Hall–Kier alpha value is -0.700. The molecule has 0 amide bonds. The van der Waals surface area contributed by atoms with Crippen LogP contribution in [0, 0.1) is 5.41 Å². The monoisotopic (exact) mass is 240 g/mol. The van der Waals surface area contributed by atoms with Crippen molar-refractivity contribution in [3.05, 3.63) is 28.8 Å². The normalized spacial score (nSPS) is 12.3. The molecule has 0 N–H and O–H groups in total. The lowest BCUT2D eigenvalue weighted by Gasteiger charge is -2.10. The van der Waals surface area contributed by atoms with Crippen molar-refractivity contribution in [3.63, 3.8) is 0 Å². The van der Waals surface area contributed by atoms with Gasteiger partial charge in [-0.2, -0.15) is 0 Å². The molecule has 0 saturated heterocycles. The van der Waals surface area contributed by atoms with Gasteiger partial charge < -0.3 is 0 Å². The highest BCUT2D eigenvalue weighted by atomic mass is 79.9.